The molecule has 2 aliphatic rings. The second-order valence-electron chi connectivity index (χ2n) is 5.37. The fraction of sp³-hybridized carbons (Fsp3) is 0.900. The maximum atomic E-state index is 11.8. The Hall–Kier alpha value is 0.383. The molecular formula is C10H17BiO6S. The van der Waals surface area contributed by atoms with Gasteiger partial charge in [0.05, 0.1) is 15.9 Å². The van der Waals surface area contributed by atoms with Crippen LogP contribution < -0.4 is 0 Å². The van der Waals surface area contributed by atoms with Crippen molar-refractivity contribution in [3.8, 4) is 0 Å². The number of hydrogen-bond donors (Lipinski definition) is 0. The minimum absolute atomic E-state index is 0. The molecule has 0 aromatic carbocycles. The van der Waals surface area contributed by atoms with Crippen LogP contribution in [0.4, 0.5) is 0 Å². The standard InChI is InChI=1S/C10H16O4S.Bi.2H2O/c1-9(2)7-3-4-10(9,8(11)5-7)6-15(12,13)14;;;/h7H,3-6H2,1-2H3,(H,12,13,14);;2*1H2/q;+3;;/p-3/t7-,10-;;;/m1.../s1. The molecule has 2 rings (SSSR count). The van der Waals surface area contributed by atoms with Crippen molar-refractivity contribution in [2.45, 2.75) is 33.1 Å². The van der Waals surface area contributed by atoms with Crippen LogP contribution in [0.3, 0.4) is 0 Å². The zero-order valence-corrected chi connectivity index (χ0v) is 14.6. The molecule has 0 amide bonds. The molecule has 2 aliphatic carbocycles. The molecule has 0 heterocycles. The van der Waals surface area contributed by atoms with Gasteiger partial charge >= 0.3 is 26.2 Å². The van der Waals surface area contributed by atoms with Gasteiger partial charge in [-0.15, -0.1) is 0 Å². The van der Waals surface area contributed by atoms with Gasteiger partial charge in [-0.1, -0.05) is 13.8 Å². The first-order chi connectivity index (χ1) is 6.69. The average Bonchev–Trinajstić information content (AvgIpc) is 2.34. The van der Waals surface area contributed by atoms with Crippen LogP contribution in [0.5, 0.6) is 0 Å². The Balaban J connectivity index is 0. The van der Waals surface area contributed by atoms with E-state index >= 15 is 0 Å². The van der Waals surface area contributed by atoms with E-state index in [9.17, 15) is 17.8 Å². The van der Waals surface area contributed by atoms with Crippen LogP contribution in [-0.4, -0.2) is 61.7 Å². The Morgan fingerprint density at radius 1 is 1.33 bits per heavy atom. The fourth-order valence-corrected chi connectivity index (χ4v) is 4.69. The van der Waals surface area contributed by atoms with Crippen LogP contribution in [0.15, 0.2) is 0 Å². The summed E-state index contributed by atoms with van der Waals surface area (Å²) >= 11 is 0. The van der Waals surface area contributed by atoms with E-state index in [4.69, 9.17) is 0 Å². The number of Topliss-reactive ketones (excluding diaryl/α,β-unsaturated/α-hetero) is 1. The van der Waals surface area contributed by atoms with E-state index < -0.39 is 21.3 Å². The minimum Gasteiger partial charge on any atom is -0.870 e. The summed E-state index contributed by atoms with van der Waals surface area (Å²) in [5.41, 5.74) is -1.22. The van der Waals surface area contributed by atoms with Gasteiger partial charge in [-0.2, -0.15) is 0 Å². The first-order valence-electron chi connectivity index (χ1n) is 5.16. The molecule has 2 saturated carbocycles. The zero-order chi connectivity index (χ0) is 11.5. The maximum Gasteiger partial charge on any atom is 3.00 e. The second kappa shape index (κ2) is 5.79. The van der Waals surface area contributed by atoms with Gasteiger partial charge in [0.25, 0.3) is 0 Å². The maximum absolute atomic E-state index is 11.8. The third-order valence-corrected chi connectivity index (χ3v) is 5.41. The molecular weight excluding hydrogens is 457 g/mol. The van der Waals surface area contributed by atoms with Gasteiger partial charge in [-0.05, 0) is 24.2 Å². The third kappa shape index (κ3) is 2.77. The monoisotopic (exact) mass is 474 g/mol. The van der Waals surface area contributed by atoms with Crippen LogP contribution in [-0.2, 0) is 14.9 Å². The van der Waals surface area contributed by atoms with Crippen molar-refractivity contribution in [3.63, 3.8) is 0 Å². The molecule has 2 atom stereocenters. The van der Waals surface area contributed by atoms with Crippen molar-refractivity contribution in [1.82, 2.24) is 0 Å². The molecule has 2 bridgehead atoms. The van der Waals surface area contributed by atoms with E-state index in [1.54, 1.807) is 0 Å². The molecule has 2 radical (unpaired) electrons. The van der Waals surface area contributed by atoms with Crippen LogP contribution in [0.2, 0.25) is 0 Å². The Bertz CT molecular complexity index is 418. The van der Waals surface area contributed by atoms with E-state index in [1.807, 2.05) is 13.8 Å². The van der Waals surface area contributed by atoms with E-state index in [2.05, 4.69) is 0 Å². The van der Waals surface area contributed by atoms with Gasteiger partial charge < -0.3 is 15.5 Å². The van der Waals surface area contributed by atoms with Crippen LogP contribution in [0.25, 0.3) is 0 Å². The summed E-state index contributed by atoms with van der Waals surface area (Å²) in [7, 11) is -4.33. The topological polar surface area (TPSA) is 134 Å². The Morgan fingerprint density at radius 2 is 1.83 bits per heavy atom. The fourth-order valence-electron chi connectivity index (χ4n) is 3.41. The minimum atomic E-state index is -4.33. The van der Waals surface area contributed by atoms with E-state index in [-0.39, 0.29) is 54.3 Å². The Kier molecular flexibility index (Phi) is 6.66. The third-order valence-electron chi connectivity index (χ3n) is 4.56. The number of hydrogen-bond acceptors (Lipinski definition) is 6. The molecule has 2 fully saturated rings. The smallest absolute Gasteiger partial charge is 0.870 e. The van der Waals surface area contributed by atoms with Gasteiger partial charge in [-0.25, -0.2) is 8.42 Å². The quantitative estimate of drug-likeness (QED) is 0.415. The number of rotatable bonds is 2. The Morgan fingerprint density at radius 3 is 2.11 bits per heavy atom. The van der Waals surface area contributed by atoms with Crippen molar-refractivity contribution < 1.29 is 28.7 Å². The number of carbonyl (C=O) groups is 1. The summed E-state index contributed by atoms with van der Waals surface area (Å²) < 4.78 is 32.7. The predicted molar refractivity (Wildman–Crippen MR) is 62.8 cm³/mol. The van der Waals surface area contributed by atoms with Crippen LogP contribution in [0.1, 0.15) is 33.1 Å². The number of ketones is 1. The van der Waals surface area contributed by atoms with Crippen molar-refractivity contribution in [2.75, 3.05) is 5.75 Å². The molecule has 0 aromatic heterocycles. The summed E-state index contributed by atoms with van der Waals surface area (Å²) in [6.07, 6.45) is 1.88. The summed E-state index contributed by atoms with van der Waals surface area (Å²) in [5.74, 6) is -0.280. The molecule has 104 valence electrons. The van der Waals surface area contributed by atoms with Crippen molar-refractivity contribution in [1.29, 1.82) is 0 Å². The molecule has 6 nitrogen and oxygen atoms in total. The van der Waals surface area contributed by atoms with Crippen molar-refractivity contribution >= 4 is 42.1 Å². The summed E-state index contributed by atoms with van der Waals surface area (Å²) in [5, 5.41) is 0. The summed E-state index contributed by atoms with van der Waals surface area (Å²) in [6.45, 7) is 3.83. The number of carbonyl (C=O) groups excluding carboxylic acids is 1. The molecule has 18 heavy (non-hydrogen) atoms. The normalized spacial score (nSPS) is 32.2. The van der Waals surface area contributed by atoms with Crippen LogP contribution in [0, 0.1) is 16.7 Å². The molecule has 2 N–H and O–H groups in total. The van der Waals surface area contributed by atoms with Crippen molar-refractivity contribution in [2.24, 2.45) is 16.7 Å². The zero-order valence-electron chi connectivity index (χ0n) is 10.3. The van der Waals surface area contributed by atoms with Gasteiger partial charge in [0.15, 0.2) is 0 Å². The molecule has 8 heteroatoms. The van der Waals surface area contributed by atoms with Gasteiger partial charge in [-0.3, -0.25) is 4.79 Å². The molecule has 0 saturated heterocycles. The van der Waals surface area contributed by atoms with Crippen LogP contribution >= 0.6 is 0 Å². The second-order valence-corrected chi connectivity index (χ2v) is 6.77. The largest absolute Gasteiger partial charge is 3.00 e. The molecule has 0 aliphatic heterocycles. The first-order valence-corrected chi connectivity index (χ1v) is 6.74. The van der Waals surface area contributed by atoms with Gasteiger partial charge in [0.1, 0.15) is 5.78 Å². The number of fused-ring (bicyclic) bond motifs is 2. The molecule has 0 unspecified atom stereocenters. The molecule has 0 spiro atoms. The Labute approximate surface area is 126 Å². The van der Waals surface area contributed by atoms with E-state index in [1.165, 1.54) is 0 Å². The van der Waals surface area contributed by atoms with Crippen molar-refractivity contribution in [3.05, 3.63) is 0 Å². The summed E-state index contributed by atoms with van der Waals surface area (Å²) in [4.78, 5) is 11.8. The SMILES string of the molecule is CC1(C)[C@@H]2CC[C@@]1(CS(=O)(=O)[O-])C(=O)C2.[Bi+3].[OH-].[OH-]. The van der Waals surface area contributed by atoms with E-state index in [0.29, 0.717) is 12.8 Å². The van der Waals surface area contributed by atoms with Gasteiger partial charge in [0, 0.05) is 11.8 Å². The predicted octanol–water partition coefficient (Wildman–Crippen LogP) is 0.193. The summed E-state index contributed by atoms with van der Waals surface area (Å²) in [6, 6.07) is 0. The average molecular weight is 474 g/mol. The van der Waals surface area contributed by atoms with Gasteiger partial charge in [0.2, 0.25) is 0 Å². The molecule has 0 aromatic rings. The first kappa shape index (κ1) is 20.7. The van der Waals surface area contributed by atoms with E-state index in [0.717, 1.165) is 6.42 Å².